The molecule has 1 aromatic heterocycles. The first-order valence-electron chi connectivity index (χ1n) is 8.77. The fraction of sp³-hybridized carbons (Fsp3) is 0.190. The lowest BCUT2D eigenvalue weighted by atomic mass is 10.1. The third-order valence-electron chi connectivity index (χ3n) is 4.01. The van der Waals surface area contributed by atoms with Crippen molar-refractivity contribution in [2.45, 2.75) is 20.8 Å². The third-order valence-corrected chi connectivity index (χ3v) is 4.01. The van der Waals surface area contributed by atoms with Crippen LogP contribution in [0.4, 0.5) is 16.2 Å². The molecular weight excluding hydrogens is 340 g/mol. The minimum atomic E-state index is -0.280. The number of ether oxygens (including phenoxy) is 1. The van der Waals surface area contributed by atoms with Crippen LogP contribution in [0, 0.1) is 13.8 Å². The zero-order valence-electron chi connectivity index (χ0n) is 15.6. The average Bonchev–Trinajstić information content (AvgIpc) is 2.66. The van der Waals surface area contributed by atoms with Gasteiger partial charge < -0.3 is 15.4 Å². The van der Waals surface area contributed by atoms with Gasteiger partial charge in [-0.1, -0.05) is 24.3 Å². The van der Waals surface area contributed by atoms with Gasteiger partial charge in [0.05, 0.1) is 12.3 Å². The first-order chi connectivity index (χ1) is 13.0. The van der Waals surface area contributed by atoms with Gasteiger partial charge in [0.25, 0.3) is 0 Å². The molecule has 2 N–H and O–H groups in total. The lowest BCUT2D eigenvalue weighted by Gasteiger charge is -2.11. The zero-order valence-corrected chi connectivity index (χ0v) is 15.6. The Morgan fingerprint density at radius 2 is 1.74 bits per heavy atom. The van der Waals surface area contributed by atoms with Crippen molar-refractivity contribution in [3.63, 3.8) is 0 Å². The molecule has 6 heteroatoms. The Morgan fingerprint density at radius 3 is 2.41 bits per heavy atom. The van der Waals surface area contributed by atoms with Crippen LogP contribution in [0.5, 0.6) is 5.88 Å². The summed E-state index contributed by atoms with van der Waals surface area (Å²) in [6, 6.07) is 16.7. The molecule has 0 aliphatic rings. The van der Waals surface area contributed by atoms with Crippen molar-refractivity contribution in [2.24, 2.45) is 0 Å². The smallest absolute Gasteiger partial charge is 0.323 e. The van der Waals surface area contributed by atoms with Crippen molar-refractivity contribution in [3.8, 4) is 17.1 Å². The molecule has 138 valence electrons. The highest BCUT2D eigenvalue weighted by atomic mass is 16.5. The van der Waals surface area contributed by atoms with Gasteiger partial charge >= 0.3 is 6.03 Å². The number of urea groups is 1. The van der Waals surface area contributed by atoms with Gasteiger partial charge in [-0.15, -0.1) is 10.2 Å². The number of aryl methyl sites for hydroxylation is 2. The molecule has 0 bridgehead atoms. The Bertz CT molecular complexity index is 922. The second-order valence-electron chi connectivity index (χ2n) is 6.16. The van der Waals surface area contributed by atoms with Crippen LogP contribution < -0.4 is 15.4 Å². The van der Waals surface area contributed by atoms with E-state index in [1.54, 1.807) is 6.07 Å². The molecule has 27 heavy (non-hydrogen) atoms. The first kappa shape index (κ1) is 18.4. The Labute approximate surface area is 158 Å². The van der Waals surface area contributed by atoms with Crippen LogP contribution in [0.3, 0.4) is 0 Å². The number of hydrogen-bond donors (Lipinski definition) is 2. The minimum Gasteiger partial charge on any atom is -0.477 e. The van der Waals surface area contributed by atoms with E-state index < -0.39 is 0 Å². The van der Waals surface area contributed by atoms with Crippen molar-refractivity contribution < 1.29 is 9.53 Å². The summed E-state index contributed by atoms with van der Waals surface area (Å²) in [5, 5.41) is 13.9. The van der Waals surface area contributed by atoms with Gasteiger partial charge in [0.2, 0.25) is 5.88 Å². The summed E-state index contributed by atoms with van der Waals surface area (Å²) in [5.74, 6) is 0.502. The maximum atomic E-state index is 12.2. The van der Waals surface area contributed by atoms with E-state index in [4.69, 9.17) is 4.74 Å². The largest absolute Gasteiger partial charge is 0.477 e. The minimum absolute atomic E-state index is 0.280. The molecule has 0 radical (unpaired) electrons. The number of benzene rings is 2. The van der Waals surface area contributed by atoms with Crippen LogP contribution in [-0.4, -0.2) is 22.8 Å². The van der Waals surface area contributed by atoms with E-state index in [1.165, 1.54) is 0 Å². The third kappa shape index (κ3) is 4.82. The number of nitrogens with one attached hydrogen (secondary N) is 2. The number of amides is 2. The molecule has 2 amide bonds. The van der Waals surface area contributed by atoms with Gasteiger partial charge in [-0.25, -0.2) is 4.79 Å². The summed E-state index contributed by atoms with van der Waals surface area (Å²) in [6.45, 7) is 6.41. The summed E-state index contributed by atoms with van der Waals surface area (Å²) in [6.07, 6.45) is 0. The quantitative estimate of drug-likeness (QED) is 0.683. The van der Waals surface area contributed by atoms with Crippen molar-refractivity contribution >= 4 is 17.4 Å². The van der Waals surface area contributed by atoms with E-state index >= 15 is 0 Å². The van der Waals surface area contributed by atoms with E-state index in [9.17, 15) is 4.79 Å². The lowest BCUT2D eigenvalue weighted by molar-refractivity contribution is 0.262. The summed E-state index contributed by atoms with van der Waals surface area (Å²) in [5.41, 5.74) is 5.25. The van der Waals surface area contributed by atoms with Gasteiger partial charge in [-0.05, 0) is 56.2 Å². The number of aromatic nitrogens is 2. The van der Waals surface area contributed by atoms with E-state index in [1.807, 2.05) is 69.3 Å². The first-order valence-corrected chi connectivity index (χ1v) is 8.77. The topological polar surface area (TPSA) is 76.1 Å². The predicted molar refractivity (Wildman–Crippen MR) is 107 cm³/mol. The van der Waals surface area contributed by atoms with Crippen LogP contribution in [0.25, 0.3) is 11.3 Å². The van der Waals surface area contributed by atoms with Gasteiger partial charge in [0.15, 0.2) is 0 Å². The summed E-state index contributed by atoms with van der Waals surface area (Å²) in [7, 11) is 0. The molecule has 3 aromatic rings. The maximum Gasteiger partial charge on any atom is 0.323 e. The molecule has 0 spiro atoms. The highest BCUT2D eigenvalue weighted by molar-refractivity contribution is 6.00. The van der Waals surface area contributed by atoms with Gasteiger partial charge in [-0.3, -0.25) is 0 Å². The van der Waals surface area contributed by atoms with Crippen LogP contribution >= 0.6 is 0 Å². The SMILES string of the molecule is CCOc1ccc(-c2ccc(NC(=O)Nc3cc(C)ccc3C)cc2)nn1. The zero-order chi connectivity index (χ0) is 19.2. The summed E-state index contributed by atoms with van der Waals surface area (Å²) < 4.78 is 5.30. The molecule has 1 heterocycles. The lowest BCUT2D eigenvalue weighted by Crippen LogP contribution is -2.20. The fourth-order valence-electron chi connectivity index (χ4n) is 2.58. The predicted octanol–water partition coefficient (Wildman–Crippen LogP) is 4.80. The van der Waals surface area contributed by atoms with Crippen molar-refractivity contribution in [1.82, 2.24) is 10.2 Å². The highest BCUT2D eigenvalue weighted by Crippen LogP contribution is 2.21. The second kappa shape index (κ2) is 8.31. The number of carbonyl (C=O) groups is 1. The monoisotopic (exact) mass is 362 g/mol. The Kier molecular flexibility index (Phi) is 5.66. The van der Waals surface area contributed by atoms with Crippen LogP contribution in [0.2, 0.25) is 0 Å². The normalized spacial score (nSPS) is 10.3. The number of hydrogen-bond acceptors (Lipinski definition) is 4. The fourth-order valence-corrected chi connectivity index (χ4v) is 2.58. The molecule has 3 rings (SSSR count). The van der Waals surface area contributed by atoms with Crippen LogP contribution in [0.15, 0.2) is 54.6 Å². The molecule has 0 fully saturated rings. The van der Waals surface area contributed by atoms with Gasteiger partial charge in [0, 0.05) is 23.0 Å². The van der Waals surface area contributed by atoms with E-state index in [0.29, 0.717) is 18.2 Å². The number of anilines is 2. The van der Waals surface area contributed by atoms with E-state index in [2.05, 4.69) is 20.8 Å². The van der Waals surface area contributed by atoms with Gasteiger partial charge in [0.1, 0.15) is 0 Å². The number of rotatable bonds is 5. The Morgan fingerprint density at radius 1 is 0.963 bits per heavy atom. The second-order valence-corrected chi connectivity index (χ2v) is 6.16. The van der Waals surface area contributed by atoms with Crippen LogP contribution in [-0.2, 0) is 0 Å². The molecule has 0 saturated carbocycles. The Hall–Kier alpha value is -3.41. The summed E-state index contributed by atoms with van der Waals surface area (Å²) in [4.78, 5) is 12.2. The molecule has 0 atom stereocenters. The molecule has 2 aromatic carbocycles. The highest BCUT2D eigenvalue weighted by Gasteiger charge is 2.07. The molecule has 6 nitrogen and oxygen atoms in total. The Balaban J connectivity index is 1.64. The van der Waals surface area contributed by atoms with Crippen molar-refractivity contribution in [1.29, 1.82) is 0 Å². The van der Waals surface area contributed by atoms with Crippen molar-refractivity contribution in [2.75, 3.05) is 17.2 Å². The molecule has 0 aliphatic heterocycles. The average molecular weight is 362 g/mol. The van der Waals surface area contributed by atoms with E-state index in [0.717, 1.165) is 28.1 Å². The van der Waals surface area contributed by atoms with E-state index in [-0.39, 0.29) is 6.03 Å². The van der Waals surface area contributed by atoms with Crippen molar-refractivity contribution in [3.05, 3.63) is 65.7 Å². The molecular formula is C21H22N4O2. The number of carbonyl (C=O) groups excluding carboxylic acids is 1. The molecule has 0 unspecified atom stereocenters. The molecule has 0 saturated heterocycles. The number of nitrogens with zero attached hydrogens (tertiary/aromatic N) is 2. The molecule has 0 aliphatic carbocycles. The van der Waals surface area contributed by atoms with Gasteiger partial charge in [-0.2, -0.15) is 0 Å². The maximum absolute atomic E-state index is 12.2. The summed E-state index contributed by atoms with van der Waals surface area (Å²) >= 11 is 0. The standard InChI is InChI=1S/C21H22N4O2/c1-4-27-20-12-11-18(24-25-20)16-7-9-17(10-8-16)22-21(26)23-19-13-14(2)5-6-15(19)3/h5-13H,4H2,1-3H3,(H2,22,23,26). The van der Waals surface area contributed by atoms with Crippen LogP contribution in [0.1, 0.15) is 18.1 Å².